The van der Waals surface area contributed by atoms with Gasteiger partial charge in [-0.05, 0) is 49.3 Å². The van der Waals surface area contributed by atoms with Crippen LogP contribution >= 0.6 is 0 Å². The van der Waals surface area contributed by atoms with E-state index in [0.29, 0.717) is 0 Å². The van der Waals surface area contributed by atoms with E-state index in [-0.39, 0.29) is 0 Å². The van der Waals surface area contributed by atoms with Crippen molar-refractivity contribution < 1.29 is 0 Å². The monoisotopic (exact) mass is 189 g/mol. The Morgan fingerprint density at radius 3 is 2.57 bits per heavy atom. The summed E-state index contributed by atoms with van der Waals surface area (Å²) in [6.07, 6.45) is 7.47. The first-order chi connectivity index (χ1) is 6.75. The van der Waals surface area contributed by atoms with Crippen LogP contribution in [0.15, 0.2) is 18.3 Å². The van der Waals surface area contributed by atoms with Crippen LogP contribution in [-0.4, -0.2) is 4.98 Å². The van der Waals surface area contributed by atoms with Crippen LogP contribution in [0.3, 0.4) is 0 Å². The van der Waals surface area contributed by atoms with Crippen LogP contribution in [0.1, 0.15) is 49.8 Å². The van der Waals surface area contributed by atoms with Crippen molar-refractivity contribution in [3.05, 3.63) is 29.6 Å². The number of pyridine rings is 1. The molecule has 1 aliphatic rings. The van der Waals surface area contributed by atoms with Gasteiger partial charge in [-0.2, -0.15) is 0 Å². The third-order valence-electron chi connectivity index (χ3n) is 3.41. The fourth-order valence-corrected chi connectivity index (χ4v) is 2.41. The van der Waals surface area contributed by atoms with E-state index in [0.717, 1.165) is 17.5 Å². The predicted molar refractivity (Wildman–Crippen MR) is 59.3 cm³/mol. The molecule has 1 saturated carbocycles. The van der Waals surface area contributed by atoms with E-state index in [4.69, 9.17) is 0 Å². The fourth-order valence-electron chi connectivity index (χ4n) is 2.41. The molecule has 0 spiro atoms. The third kappa shape index (κ3) is 2.14. The van der Waals surface area contributed by atoms with Gasteiger partial charge < -0.3 is 0 Å². The van der Waals surface area contributed by atoms with Crippen LogP contribution in [-0.2, 0) is 0 Å². The van der Waals surface area contributed by atoms with Gasteiger partial charge in [0.2, 0.25) is 0 Å². The SMILES string of the molecule is Cc1cc(C2CCC(C)CC2)ccn1. The molecule has 0 saturated heterocycles. The van der Waals surface area contributed by atoms with Gasteiger partial charge in [0, 0.05) is 11.9 Å². The molecule has 1 aromatic rings. The summed E-state index contributed by atoms with van der Waals surface area (Å²) in [6.45, 7) is 4.45. The molecular weight excluding hydrogens is 170 g/mol. The fraction of sp³-hybridized carbons (Fsp3) is 0.615. The molecule has 0 unspecified atom stereocenters. The predicted octanol–water partition coefficient (Wildman–Crippen LogP) is 3.68. The molecule has 0 N–H and O–H groups in total. The minimum Gasteiger partial charge on any atom is -0.262 e. The second-order valence-electron chi connectivity index (χ2n) is 4.69. The van der Waals surface area contributed by atoms with Crippen molar-refractivity contribution >= 4 is 0 Å². The quantitative estimate of drug-likeness (QED) is 0.656. The van der Waals surface area contributed by atoms with Crippen molar-refractivity contribution in [1.29, 1.82) is 0 Å². The lowest BCUT2D eigenvalue weighted by Gasteiger charge is -2.26. The van der Waals surface area contributed by atoms with Gasteiger partial charge in [0.25, 0.3) is 0 Å². The van der Waals surface area contributed by atoms with Gasteiger partial charge in [0.05, 0.1) is 0 Å². The van der Waals surface area contributed by atoms with E-state index in [9.17, 15) is 0 Å². The second-order valence-corrected chi connectivity index (χ2v) is 4.69. The number of hydrogen-bond acceptors (Lipinski definition) is 1. The third-order valence-corrected chi connectivity index (χ3v) is 3.41. The zero-order valence-corrected chi connectivity index (χ0v) is 9.16. The summed E-state index contributed by atoms with van der Waals surface area (Å²) in [5.41, 5.74) is 2.66. The van der Waals surface area contributed by atoms with E-state index < -0.39 is 0 Å². The van der Waals surface area contributed by atoms with E-state index in [1.165, 1.54) is 31.2 Å². The van der Waals surface area contributed by atoms with Crippen LogP contribution in [0.2, 0.25) is 0 Å². The molecule has 0 radical (unpaired) electrons. The van der Waals surface area contributed by atoms with Crippen molar-refractivity contribution in [3.8, 4) is 0 Å². The summed E-state index contributed by atoms with van der Waals surface area (Å²) < 4.78 is 0. The van der Waals surface area contributed by atoms with Crippen LogP contribution in [0.25, 0.3) is 0 Å². The summed E-state index contributed by atoms with van der Waals surface area (Å²) in [7, 11) is 0. The van der Waals surface area contributed by atoms with E-state index in [1.807, 2.05) is 6.20 Å². The summed E-state index contributed by atoms with van der Waals surface area (Å²) in [5, 5.41) is 0. The second kappa shape index (κ2) is 4.12. The van der Waals surface area contributed by atoms with Crippen molar-refractivity contribution in [3.63, 3.8) is 0 Å². The van der Waals surface area contributed by atoms with Gasteiger partial charge in [-0.25, -0.2) is 0 Å². The lowest BCUT2D eigenvalue weighted by molar-refractivity contribution is 0.348. The van der Waals surface area contributed by atoms with Gasteiger partial charge in [-0.3, -0.25) is 4.98 Å². The first kappa shape index (κ1) is 9.70. The van der Waals surface area contributed by atoms with Crippen molar-refractivity contribution in [2.75, 3.05) is 0 Å². The molecule has 0 aliphatic heterocycles. The van der Waals surface area contributed by atoms with Gasteiger partial charge in [0.1, 0.15) is 0 Å². The molecule has 1 heteroatoms. The van der Waals surface area contributed by atoms with Gasteiger partial charge in [-0.15, -0.1) is 0 Å². The summed E-state index contributed by atoms with van der Waals surface area (Å²) in [4.78, 5) is 4.25. The highest BCUT2D eigenvalue weighted by Crippen LogP contribution is 2.35. The largest absolute Gasteiger partial charge is 0.262 e. The number of aryl methyl sites for hydroxylation is 1. The molecule has 2 rings (SSSR count). The van der Waals surface area contributed by atoms with E-state index >= 15 is 0 Å². The molecule has 0 atom stereocenters. The lowest BCUT2D eigenvalue weighted by atomic mass is 9.79. The number of nitrogens with zero attached hydrogens (tertiary/aromatic N) is 1. The maximum absolute atomic E-state index is 4.25. The van der Waals surface area contributed by atoms with Crippen LogP contribution in [0, 0.1) is 12.8 Å². The Kier molecular flexibility index (Phi) is 2.85. The van der Waals surface area contributed by atoms with E-state index in [2.05, 4.69) is 31.0 Å². The molecule has 1 heterocycles. The summed E-state index contributed by atoms with van der Waals surface area (Å²) in [5.74, 6) is 1.74. The minimum atomic E-state index is 0.799. The first-order valence-corrected chi connectivity index (χ1v) is 5.68. The maximum atomic E-state index is 4.25. The Hall–Kier alpha value is -0.850. The lowest BCUT2D eigenvalue weighted by Crippen LogP contribution is -2.10. The van der Waals surface area contributed by atoms with Gasteiger partial charge >= 0.3 is 0 Å². The molecule has 14 heavy (non-hydrogen) atoms. The Morgan fingerprint density at radius 1 is 1.21 bits per heavy atom. The Bertz CT molecular complexity index is 298. The number of aromatic nitrogens is 1. The topological polar surface area (TPSA) is 12.9 Å². The average molecular weight is 189 g/mol. The molecule has 0 aromatic carbocycles. The number of hydrogen-bond donors (Lipinski definition) is 0. The summed E-state index contributed by atoms with van der Waals surface area (Å²) in [6, 6.07) is 4.44. The summed E-state index contributed by atoms with van der Waals surface area (Å²) >= 11 is 0. The van der Waals surface area contributed by atoms with Crippen molar-refractivity contribution in [2.24, 2.45) is 5.92 Å². The normalized spacial score (nSPS) is 27.6. The zero-order valence-electron chi connectivity index (χ0n) is 9.16. The molecule has 1 aromatic heterocycles. The Balaban J connectivity index is 2.08. The first-order valence-electron chi connectivity index (χ1n) is 5.68. The molecular formula is C13H19N. The highest BCUT2D eigenvalue weighted by Gasteiger charge is 2.19. The van der Waals surface area contributed by atoms with Crippen molar-refractivity contribution in [2.45, 2.75) is 45.4 Å². The molecule has 0 amide bonds. The average Bonchev–Trinajstić information content (AvgIpc) is 2.19. The maximum Gasteiger partial charge on any atom is 0.0375 e. The molecule has 1 aliphatic carbocycles. The number of rotatable bonds is 1. The Morgan fingerprint density at radius 2 is 1.93 bits per heavy atom. The van der Waals surface area contributed by atoms with E-state index in [1.54, 1.807) is 0 Å². The van der Waals surface area contributed by atoms with Crippen LogP contribution in [0.4, 0.5) is 0 Å². The molecule has 1 fully saturated rings. The highest BCUT2D eigenvalue weighted by atomic mass is 14.6. The van der Waals surface area contributed by atoms with Gasteiger partial charge in [0.15, 0.2) is 0 Å². The smallest absolute Gasteiger partial charge is 0.0375 e. The van der Waals surface area contributed by atoms with Crippen molar-refractivity contribution in [1.82, 2.24) is 4.98 Å². The Labute approximate surface area is 86.6 Å². The highest BCUT2D eigenvalue weighted by molar-refractivity contribution is 5.20. The van der Waals surface area contributed by atoms with Gasteiger partial charge in [-0.1, -0.05) is 19.8 Å². The zero-order chi connectivity index (χ0) is 9.97. The molecule has 0 bridgehead atoms. The standard InChI is InChI=1S/C13H19N/c1-10-3-5-12(6-4-10)13-7-8-14-11(2)9-13/h7-10,12H,3-6H2,1-2H3. The van der Waals surface area contributed by atoms with Crippen LogP contribution < -0.4 is 0 Å². The van der Waals surface area contributed by atoms with Crippen LogP contribution in [0.5, 0.6) is 0 Å². The molecule has 76 valence electrons. The minimum absolute atomic E-state index is 0.799. The molecule has 1 nitrogen and oxygen atoms in total.